The molecule has 4 heteroatoms. The monoisotopic (exact) mass is 223 g/mol. The second kappa shape index (κ2) is 4.53. The first-order valence-corrected chi connectivity index (χ1v) is 5.44. The maximum atomic E-state index is 5.83. The molecule has 1 aromatic carbocycles. The molecule has 1 atom stereocenters. The van der Waals surface area contributed by atoms with Crippen molar-refractivity contribution in [1.29, 1.82) is 0 Å². The lowest BCUT2D eigenvalue weighted by atomic mass is 10.1. The molecule has 0 amide bonds. The summed E-state index contributed by atoms with van der Waals surface area (Å²) >= 11 is 5.83. The van der Waals surface area contributed by atoms with E-state index in [1.807, 2.05) is 24.3 Å². The van der Waals surface area contributed by atoms with E-state index in [0.29, 0.717) is 0 Å². The zero-order valence-electron chi connectivity index (χ0n) is 8.63. The minimum atomic E-state index is 0.242. The molecule has 0 saturated carbocycles. The van der Waals surface area contributed by atoms with Gasteiger partial charge in [0.25, 0.3) is 0 Å². The van der Waals surface area contributed by atoms with Crippen LogP contribution in [0.5, 0.6) is 0 Å². The first kappa shape index (κ1) is 10.3. The molecule has 1 aliphatic heterocycles. The van der Waals surface area contributed by atoms with E-state index in [0.717, 1.165) is 24.1 Å². The van der Waals surface area contributed by atoms with Crippen LogP contribution in [0, 0.1) is 0 Å². The molecule has 0 spiro atoms. The second-order valence-electron chi connectivity index (χ2n) is 3.57. The minimum absolute atomic E-state index is 0.242. The standard InChI is InChI=1S/C11H14ClN3/c1-8(15-11-13-6-7-14-11)9-2-4-10(12)5-3-9/h2-5,8H,6-7H2,1H3,(H2,13,14,15)/t8-/m0/s1. The molecule has 80 valence electrons. The fourth-order valence-electron chi connectivity index (χ4n) is 1.53. The molecule has 1 aromatic rings. The SMILES string of the molecule is C[C@H](NC1=NCCN1)c1ccc(Cl)cc1. The van der Waals surface area contributed by atoms with Crippen molar-refractivity contribution in [2.24, 2.45) is 4.99 Å². The van der Waals surface area contributed by atoms with E-state index in [9.17, 15) is 0 Å². The number of hydrogen-bond acceptors (Lipinski definition) is 3. The highest BCUT2D eigenvalue weighted by molar-refractivity contribution is 6.30. The molecule has 0 saturated heterocycles. The molecule has 3 nitrogen and oxygen atoms in total. The molecule has 0 unspecified atom stereocenters. The lowest BCUT2D eigenvalue weighted by molar-refractivity contribution is 0.702. The molecule has 15 heavy (non-hydrogen) atoms. The molecule has 0 bridgehead atoms. The summed E-state index contributed by atoms with van der Waals surface area (Å²) in [5.41, 5.74) is 1.20. The predicted octanol–water partition coefficient (Wildman–Crippen LogP) is 1.95. The van der Waals surface area contributed by atoms with Crippen molar-refractivity contribution in [3.05, 3.63) is 34.9 Å². The number of hydrogen-bond donors (Lipinski definition) is 2. The van der Waals surface area contributed by atoms with Gasteiger partial charge in [0.2, 0.25) is 0 Å². The van der Waals surface area contributed by atoms with Crippen LogP contribution in [0.25, 0.3) is 0 Å². The van der Waals surface area contributed by atoms with Crippen molar-refractivity contribution in [3.63, 3.8) is 0 Å². The van der Waals surface area contributed by atoms with E-state index in [-0.39, 0.29) is 6.04 Å². The second-order valence-corrected chi connectivity index (χ2v) is 4.01. The molecule has 1 heterocycles. The van der Waals surface area contributed by atoms with Crippen molar-refractivity contribution < 1.29 is 0 Å². The fourth-order valence-corrected chi connectivity index (χ4v) is 1.66. The van der Waals surface area contributed by atoms with Crippen LogP contribution >= 0.6 is 11.6 Å². The van der Waals surface area contributed by atoms with Gasteiger partial charge in [-0.3, -0.25) is 4.99 Å². The van der Waals surface area contributed by atoms with E-state index >= 15 is 0 Å². The van der Waals surface area contributed by atoms with Crippen LogP contribution in [0.4, 0.5) is 0 Å². The Morgan fingerprint density at radius 1 is 1.40 bits per heavy atom. The van der Waals surface area contributed by atoms with Crippen molar-refractivity contribution in [2.45, 2.75) is 13.0 Å². The van der Waals surface area contributed by atoms with Gasteiger partial charge in [-0.25, -0.2) is 0 Å². The summed E-state index contributed by atoms with van der Waals surface area (Å²) in [6.45, 7) is 3.89. The largest absolute Gasteiger partial charge is 0.355 e. The van der Waals surface area contributed by atoms with Gasteiger partial charge in [-0.1, -0.05) is 23.7 Å². The fraction of sp³-hybridized carbons (Fsp3) is 0.364. The van der Waals surface area contributed by atoms with Crippen LogP contribution in [0.15, 0.2) is 29.3 Å². The highest BCUT2D eigenvalue weighted by Crippen LogP contribution is 2.15. The summed E-state index contributed by atoms with van der Waals surface area (Å²) < 4.78 is 0. The summed E-state index contributed by atoms with van der Waals surface area (Å²) in [6.07, 6.45) is 0. The number of guanidine groups is 1. The molecule has 1 aliphatic rings. The normalized spacial score (nSPS) is 16.8. The van der Waals surface area contributed by atoms with Gasteiger partial charge in [-0.05, 0) is 24.6 Å². The Kier molecular flexibility index (Phi) is 3.11. The molecule has 2 N–H and O–H groups in total. The van der Waals surface area contributed by atoms with Crippen molar-refractivity contribution in [3.8, 4) is 0 Å². The van der Waals surface area contributed by atoms with Crippen molar-refractivity contribution in [1.82, 2.24) is 10.6 Å². The van der Waals surface area contributed by atoms with Crippen molar-refractivity contribution >= 4 is 17.6 Å². The number of nitrogens with one attached hydrogen (secondary N) is 2. The molecule has 2 rings (SSSR count). The summed E-state index contributed by atoms with van der Waals surface area (Å²) in [4.78, 5) is 4.29. The van der Waals surface area contributed by atoms with Crippen LogP contribution in [-0.2, 0) is 0 Å². The topological polar surface area (TPSA) is 36.4 Å². The van der Waals surface area contributed by atoms with Crippen LogP contribution in [0.3, 0.4) is 0 Å². The molecule has 0 radical (unpaired) electrons. The Balaban J connectivity index is 2.00. The third kappa shape index (κ3) is 2.63. The Morgan fingerprint density at radius 2 is 2.13 bits per heavy atom. The van der Waals surface area contributed by atoms with Crippen molar-refractivity contribution in [2.75, 3.05) is 13.1 Å². The number of aliphatic imine (C=N–C) groups is 1. The van der Waals surface area contributed by atoms with E-state index in [1.54, 1.807) is 0 Å². The van der Waals surface area contributed by atoms with Crippen LogP contribution in [-0.4, -0.2) is 19.0 Å². The Morgan fingerprint density at radius 3 is 2.73 bits per heavy atom. The van der Waals surface area contributed by atoms with Crippen LogP contribution in [0.2, 0.25) is 5.02 Å². The number of halogens is 1. The highest BCUT2D eigenvalue weighted by Gasteiger charge is 2.09. The third-order valence-electron chi connectivity index (χ3n) is 2.40. The summed E-state index contributed by atoms with van der Waals surface area (Å²) in [5.74, 6) is 0.887. The van der Waals surface area contributed by atoms with Gasteiger partial charge < -0.3 is 10.6 Å². The van der Waals surface area contributed by atoms with E-state index in [2.05, 4.69) is 22.5 Å². The Labute approximate surface area is 94.5 Å². The van der Waals surface area contributed by atoms with Crippen LogP contribution in [0.1, 0.15) is 18.5 Å². The molecular formula is C11H14ClN3. The zero-order chi connectivity index (χ0) is 10.7. The van der Waals surface area contributed by atoms with Gasteiger partial charge >= 0.3 is 0 Å². The molecule has 0 fully saturated rings. The summed E-state index contributed by atoms with van der Waals surface area (Å²) in [7, 11) is 0. The average molecular weight is 224 g/mol. The van der Waals surface area contributed by atoms with Gasteiger partial charge in [0.15, 0.2) is 5.96 Å². The maximum Gasteiger partial charge on any atom is 0.191 e. The molecular weight excluding hydrogens is 210 g/mol. The molecule has 0 aliphatic carbocycles. The van der Waals surface area contributed by atoms with Gasteiger partial charge in [-0.2, -0.15) is 0 Å². The average Bonchev–Trinajstić information content (AvgIpc) is 2.71. The Hall–Kier alpha value is -1.22. The van der Waals surface area contributed by atoms with Gasteiger partial charge in [0, 0.05) is 11.6 Å². The van der Waals surface area contributed by atoms with Gasteiger partial charge in [-0.15, -0.1) is 0 Å². The lowest BCUT2D eigenvalue weighted by Crippen LogP contribution is -2.35. The minimum Gasteiger partial charge on any atom is -0.355 e. The first-order chi connectivity index (χ1) is 7.25. The smallest absolute Gasteiger partial charge is 0.191 e. The van der Waals surface area contributed by atoms with Gasteiger partial charge in [0.05, 0.1) is 12.6 Å². The van der Waals surface area contributed by atoms with E-state index < -0.39 is 0 Å². The summed E-state index contributed by atoms with van der Waals surface area (Å²) in [6, 6.07) is 8.09. The maximum absolute atomic E-state index is 5.83. The van der Waals surface area contributed by atoms with Crippen LogP contribution < -0.4 is 10.6 Å². The third-order valence-corrected chi connectivity index (χ3v) is 2.65. The zero-order valence-corrected chi connectivity index (χ0v) is 9.38. The number of rotatable bonds is 2. The summed E-state index contributed by atoms with van der Waals surface area (Å²) in [5, 5.41) is 7.26. The quantitative estimate of drug-likeness (QED) is 0.804. The van der Waals surface area contributed by atoms with E-state index in [4.69, 9.17) is 11.6 Å². The first-order valence-electron chi connectivity index (χ1n) is 5.06. The van der Waals surface area contributed by atoms with Gasteiger partial charge in [0.1, 0.15) is 0 Å². The molecule has 0 aromatic heterocycles. The lowest BCUT2D eigenvalue weighted by Gasteiger charge is -2.15. The number of nitrogens with zero attached hydrogens (tertiary/aromatic N) is 1. The Bertz CT molecular complexity index is 359. The van der Waals surface area contributed by atoms with E-state index in [1.165, 1.54) is 5.56 Å². The number of benzene rings is 1. The predicted molar refractivity (Wildman–Crippen MR) is 63.3 cm³/mol. The highest BCUT2D eigenvalue weighted by atomic mass is 35.5.